The average Bonchev–Trinajstić information content (AvgIpc) is 2.16. The Balaban J connectivity index is 3.23. The Morgan fingerprint density at radius 2 is 2.60 bits per heavy atom. The molecule has 0 atom stereocenters. The van der Waals surface area contributed by atoms with Crippen LogP contribution < -0.4 is 0 Å². The molecule has 0 saturated heterocycles. The van der Waals surface area contributed by atoms with Crippen LogP contribution in [0.5, 0.6) is 0 Å². The molecule has 0 bridgehead atoms. The zero-order valence-electron chi connectivity index (χ0n) is 11.9. The second-order valence-electron chi connectivity index (χ2n) is 1.49. The Bertz CT molecular complexity index is 400. The normalized spacial score (nSPS) is 24.3. The maximum absolute atomic E-state index is 7.61. The molecule has 0 N–H and O–H groups in total. The number of hydrogen-bond acceptors (Lipinski definition) is 2. The third-order valence-corrected chi connectivity index (χ3v) is 1.25. The maximum Gasteiger partial charge on any atom is 0.128 e. The lowest BCUT2D eigenvalue weighted by molar-refractivity contribution is 0.832. The highest BCUT2D eigenvalue weighted by Gasteiger charge is 1.92. The Morgan fingerprint density at radius 1 is 1.70 bits per heavy atom. The number of aromatic nitrogens is 2. The Labute approximate surface area is 78.6 Å². The fourth-order valence-corrected chi connectivity index (χ4v) is 0.658. The van der Waals surface area contributed by atoms with Crippen molar-refractivity contribution in [3.05, 3.63) is 22.4 Å². The van der Waals surface area contributed by atoms with Crippen LogP contribution in [0.2, 0.25) is 0 Å². The van der Waals surface area contributed by atoms with Gasteiger partial charge in [-0.1, -0.05) is 13.2 Å². The van der Waals surface area contributed by atoms with Crippen LogP contribution in [0.1, 0.15) is 28.5 Å². The van der Waals surface area contributed by atoms with Crippen LogP contribution in [0.15, 0.2) is 16.7 Å². The topological polar surface area (TPSA) is 25.8 Å². The van der Waals surface area contributed by atoms with E-state index in [1.54, 1.807) is 0 Å². The van der Waals surface area contributed by atoms with Crippen LogP contribution in [0.25, 0.3) is 0 Å². The van der Waals surface area contributed by atoms with Gasteiger partial charge in [-0.15, -0.1) is 5.10 Å². The molecule has 0 fully saturated rings. The van der Waals surface area contributed by atoms with Crippen LogP contribution >= 0.6 is 15.9 Å². The summed E-state index contributed by atoms with van der Waals surface area (Å²) < 4.78 is 51.5. The molecule has 0 spiro atoms. The fourth-order valence-electron chi connectivity index (χ4n) is 0.447. The molecule has 0 aliphatic heterocycles. The summed E-state index contributed by atoms with van der Waals surface area (Å²) in [6.07, 6.45) is -5.81. The predicted molar refractivity (Wildman–Crippen MR) is 43.7 cm³/mol. The third kappa shape index (κ3) is 2.06. The van der Waals surface area contributed by atoms with Gasteiger partial charge < -0.3 is 0 Å². The first kappa shape index (κ1) is 2.55. The van der Waals surface area contributed by atoms with Crippen LogP contribution in [0, 0.1) is 0 Å². The molecule has 0 aliphatic rings. The van der Waals surface area contributed by atoms with Crippen LogP contribution in [0.3, 0.4) is 0 Å². The minimum Gasteiger partial charge on any atom is -0.155 e. The lowest BCUT2D eigenvalue weighted by atomic mass is 10.2. The molecular weight excluding hydrogens is 192 g/mol. The van der Waals surface area contributed by atoms with E-state index in [2.05, 4.69) is 26.1 Å². The molecule has 10 heavy (non-hydrogen) atoms. The van der Waals surface area contributed by atoms with Gasteiger partial charge in [-0.2, -0.15) is 5.10 Å². The second kappa shape index (κ2) is 3.66. The van der Waals surface area contributed by atoms with E-state index in [0.717, 1.165) is 0 Å². The minimum absolute atomic E-state index is 0.353. The largest absolute Gasteiger partial charge is 0.155 e. The highest BCUT2D eigenvalue weighted by Crippen LogP contribution is 2.04. The van der Waals surface area contributed by atoms with Gasteiger partial charge >= 0.3 is 0 Å². The molecule has 54 valence electrons. The van der Waals surface area contributed by atoms with E-state index in [1.807, 2.05) is 0 Å². The van der Waals surface area contributed by atoms with Gasteiger partial charge in [0.1, 0.15) is 4.60 Å². The minimum atomic E-state index is -3.09. The molecule has 2 nitrogen and oxygen atoms in total. The van der Waals surface area contributed by atoms with E-state index in [0.29, 0.717) is 4.60 Å². The van der Waals surface area contributed by atoms with Crippen molar-refractivity contribution in [2.75, 3.05) is 0 Å². The summed E-state index contributed by atoms with van der Waals surface area (Å²) in [5.74, 6) is 0. The van der Waals surface area contributed by atoms with Crippen molar-refractivity contribution >= 4 is 15.9 Å². The summed E-state index contributed by atoms with van der Waals surface area (Å²) in [6.45, 7) is -3.09. The van der Waals surface area contributed by atoms with Crippen LogP contribution in [-0.2, 0) is 6.37 Å². The van der Waals surface area contributed by atoms with Crippen molar-refractivity contribution < 1.29 is 9.60 Å². The van der Waals surface area contributed by atoms with Gasteiger partial charge in [-0.25, -0.2) is 0 Å². The number of halogens is 1. The summed E-state index contributed by atoms with van der Waals surface area (Å²) >= 11 is 3.00. The highest BCUT2D eigenvalue weighted by atomic mass is 79.9. The maximum atomic E-state index is 7.61. The summed E-state index contributed by atoms with van der Waals surface area (Å²) in [6, 6.07) is 2.57. The van der Waals surface area contributed by atoms with Crippen LogP contribution in [-0.4, -0.2) is 10.2 Å². The van der Waals surface area contributed by atoms with Crippen molar-refractivity contribution in [1.29, 1.82) is 0 Å². The second-order valence-corrected chi connectivity index (χ2v) is 2.30. The van der Waals surface area contributed by atoms with Gasteiger partial charge in [-0.05, 0) is 34.4 Å². The molecule has 0 unspecified atom stereocenters. The molecular formula is C7H9BrN2. The Morgan fingerprint density at radius 3 is 3.20 bits per heavy atom. The smallest absolute Gasteiger partial charge is 0.128 e. The monoisotopic (exact) mass is 207 g/mol. The Hall–Kier alpha value is -0.440. The molecule has 1 heterocycles. The predicted octanol–water partition coefficient (Wildman–Crippen LogP) is 2.19. The van der Waals surface area contributed by atoms with Gasteiger partial charge in [0, 0.05) is 9.60 Å². The van der Waals surface area contributed by atoms with Gasteiger partial charge in [-0.3, -0.25) is 0 Å². The summed E-state index contributed by atoms with van der Waals surface area (Å²) in [7, 11) is 0. The molecule has 0 aromatic carbocycles. The summed E-state index contributed by atoms with van der Waals surface area (Å²) in [5, 5.41) is 6.99. The lowest BCUT2D eigenvalue weighted by Crippen LogP contribution is -1.90. The van der Waals surface area contributed by atoms with Crippen molar-refractivity contribution in [3.8, 4) is 0 Å². The van der Waals surface area contributed by atoms with E-state index in [4.69, 9.17) is 9.60 Å². The molecule has 0 radical (unpaired) electrons. The molecule has 1 aromatic heterocycles. The fraction of sp³-hybridized carbons (Fsp3) is 0.429. The van der Waals surface area contributed by atoms with Crippen molar-refractivity contribution in [1.82, 2.24) is 10.2 Å². The van der Waals surface area contributed by atoms with Gasteiger partial charge in [0.25, 0.3) is 0 Å². The number of nitrogens with zero attached hydrogens (tertiary/aromatic N) is 2. The zero-order valence-corrected chi connectivity index (χ0v) is 6.51. The standard InChI is InChI=1S/C7H9BrN2/c1-2-3-6-4-5-7(8)10-9-6/h4-5H,2-3H2,1H3/i1D3,2D2,3D2. The van der Waals surface area contributed by atoms with Gasteiger partial charge in [0.2, 0.25) is 0 Å². The summed E-state index contributed by atoms with van der Waals surface area (Å²) in [5.41, 5.74) is -0.359. The van der Waals surface area contributed by atoms with Crippen LogP contribution in [0.4, 0.5) is 0 Å². The van der Waals surface area contributed by atoms with E-state index in [9.17, 15) is 0 Å². The van der Waals surface area contributed by atoms with Crippen molar-refractivity contribution in [3.63, 3.8) is 0 Å². The Kier molecular flexibility index (Phi) is 0.935. The van der Waals surface area contributed by atoms with Crippen molar-refractivity contribution in [2.24, 2.45) is 0 Å². The zero-order chi connectivity index (χ0) is 13.5. The van der Waals surface area contributed by atoms with E-state index in [-0.39, 0.29) is 5.69 Å². The van der Waals surface area contributed by atoms with Crippen molar-refractivity contribution in [2.45, 2.75) is 19.6 Å². The molecule has 0 saturated carbocycles. The lowest BCUT2D eigenvalue weighted by Gasteiger charge is -1.93. The number of aryl methyl sites for hydroxylation is 1. The van der Waals surface area contributed by atoms with E-state index in [1.165, 1.54) is 12.1 Å². The highest BCUT2D eigenvalue weighted by molar-refractivity contribution is 9.10. The first-order valence-corrected chi connectivity index (χ1v) is 3.29. The number of rotatable bonds is 2. The first-order chi connectivity index (χ1) is 7.50. The molecule has 1 rings (SSSR count). The SMILES string of the molecule is [2H]C([2H])([2H])C([2H])([2H])C([2H])([2H])c1ccc(Br)nn1. The number of hydrogen-bond donors (Lipinski definition) is 0. The first-order valence-electron chi connectivity index (χ1n) is 6.00. The molecule has 0 aliphatic carbocycles. The van der Waals surface area contributed by atoms with Gasteiger partial charge in [0.05, 0.1) is 5.69 Å². The quantitative estimate of drug-likeness (QED) is 0.744. The average molecular weight is 208 g/mol. The molecule has 0 amide bonds. The summed E-state index contributed by atoms with van der Waals surface area (Å²) in [4.78, 5) is 0. The molecule has 1 aromatic rings. The van der Waals surface area contributed by atoms with E-state index < -0.39 is 19.6 Å². The molecule has 3 heteroatoms. The van der Waals surface area contributed by atoms with E-state index >= 15 is 0 Å². The third-order valence-electron chi connectivity index (χ3n) is 0.823. The van der Waals surface area contributed by atoms with Gasteiger partial charge in [0.15, 0.2) is 0 Å².